The van der Waals surface area contributed by atoms with E-state index < -0.39 is 6.41 Å². The first-order valence-electron chi connectivity index (χ1n) is 13.0. The highest BCUT2D eigenvalue weighted by Gasteiger charge is 2.41. The summed E-state index contributed by atoms with van der Waals surface area (Å²) in [5.41, 5.74) is 8.05. The minimum atomic E-state index is -0.717. The summed E-state index contributed by atoms with van der Waals surface area (Å²) in [6.45, 7) is 4.16. The molecule has 0 bridgehead atoms. The van der Waals surface area contributed by atoms with Crippen molar-refractivity contribution in [1.29, 1.82) is 0 Å². The normalized spacial score (nSPS) is 13.8. The summed E-state index contributed by atoms with van der Waals surface area (Å²) in [5.74, 6) is 2.18. The van der Waals surface area contributed by atoms with E-state index in [0.717, 1.165) is 50.8 Å². The van der Waals surface area contributed by atoms with E-state index in [1.165, 1.54) is 5.56 Å². The molecule has 0 N–H and O–H groups in total. The van der Waals surface area contributed by atoms with Crippen LogP contribution in [0.2, 0.25) is 0 Å². The van der Waals surface area contributed by atoms with Crippen LogP contribution in [0.15, 0.2) is 126 Å². The maximum atomic E-state index is 6.56. The topological polar surface area (TPSA) is 38.7 Å². The van der Waals surface area contributed by atoms with Crippen LogP contribution in [0.5, 0.6) is 11.5 Å². The van der Waals surface area contributed by atoms with Crippen molar-refractivity contribution in [2.45, 2.75) is 20.3 Å². The second-order valence-electron chi connectivity index (χ2n) is 9.74. The van der Waals surface area contributed by atoms with Crippen molar-refractivity contribution in [2.24, 2.45) is 0 Å². The second kappa shape index (κ2) is 9.37. The van der Waals surface area contributed by atoms with Gasteiger partial charge >= 0.3 is 12.3 Å². The quantitative estimate of drug-likeness (QED) is 0.218. The first-order chi connectivity index (χ1) is 19.2. The molecule has 1 aromatic heterocycles. The number of para-hydroxylation sites is 4. The monoisotopic (exact) mass is 511 g/mol. The van der Waals surface area contributed by atoms with E-state index in [1.807, 2.05) is 65.2 Å². The smallest absolute Gasteiger partial charge is 0.401 e. The highest BCUT2D eigenvalue weighted by molar-refractivity contribution is 5.77. The Kier molecular flexibility index (Phi) is 5.55. The minimum Gasteiger partial charge on any atom is -0.401 e. The second-order valence-corrected chi connectivity index (χ2v) is 9.74. The standard InChI is InChI=1S/C34H27N2O3/c1-23-16-18-26(19-17-23)35(25-10-4-3-5-11-25)27-20-21-30(24(2)22-27)38-34-36-29-13-7-9-15-32(29)37-33(36)28-12-6-8-14-31(28)39-34/h3-22,34H,1-2H3/q+1. The number of aryl methyl sites for hydroxylation is 2. The predicted molar refractivity (Wildman–Crippen MR) is 153 cm³/mol. The zero-order valence-electron chi connectivity index (χ0n) is 21.7. The van der Waals surface area contributed by atoms with Crippen LogP contribution in [0.3, 0.4) is 0 Å². The molecule has 2 heterocycles. The number of oxazole rings is 1. The zero-order chi connectivity index (χ0) is 26.3. The molecule has 0 fully saturated rings. The largest absolute Gasteiger partial charge is 0.471 e. The number of ether oxygens (including phenoxy) is 2. The molecule has 5 heteroatoms. The third-order valence-corrected chi connectivity index (χ3v) is 7.06. The van der Waals surface area contributed by atoms with Crippen molar-refractivity contribution >= 4 is 28.2 Å². The molecule has 39 heavy (non-hydrogen) atoms. The number of anilines is 3. The molecule has 1 aliphatic rings. The molecule has 1 aliphatic heterocycles. The van der Waals surface area contributed by atoms with Crippen LogP contribution >= 0.6 is 0 Å². The van der Waals surface area contributed by atoms with E-state index in [2.05, 4.69) is 79.4 Å². The molecule has 1 unspecified atom stereocenters. The highest BCUT2D eigenvalue weighted by Crippen LogP contribution is 2.40. The van der Waals surface area contributed by atoms with Gasteiger partial charge in [0.05, 0.1) is 0 Å². The Bertz CT molecular complexity index is 1790. The van der Waals surface area contributed by atoms with Gasteiger partial charge in [-0.2, -0.15) is 0 Å². The molecule has 5 nitrogen and oxygen atoms in total. The van der Waals surface area contributed by atoms with Gasteiger partial charge in [-0.05, 0) is 80.1 Å². The van der Waals surface area contributed by atoms with Crippen LogP contribution in [0, 0.1) is 13.8 Å². The van der Waals surface area contributed by atoms with Crippen molar-refractivity contribution in [1.82, 2.24) is 0 Å². The van der Waals surface area contributed by atoms with E-state index in [4.69, 9.17) is 13.9 Å². The molecule has 0 saturated heterocycles. The zero-order valence-corrected chi connectivity index (χ0v) is 21.7. The van der Waals surface area contributed by atoms with Gasteiger partial charge in [0, 0.05) is 23.1 Å². The van der Waals surface area contributed by atoms with E-state index in [1.54, 1.807) is 0 Å². The SMILES string of the molecule is Cc1ccc(N(c2ccccc2)c2ccc(OC3Oc4ccccc4-c4oc5ccccc5[n+]43)c(C)c2)cc1. The fourth-order valence-corrected chi connectivity index (χ4v) is 5.12. The summed E-state index contributed by atoms with van der Waals surface area (Å²) < 4.78 is 21.2. The molecule has 0 saturated carbocycles. The van der Waals surface area contributed by atoms with Gasteiger partial charge in [0.15, 0.2) is 0 Å². The summed E-state index contributed by atoms with van der Waals surface area (Å²) in [5, 5.41) is 0. The average Bonchev–Trinajstić information content (AvgIpc) is 3.37. The maximum absolute atomic E-state index is 6.56. The average molecular weight is 512 g/mol. The van der Waals surface area contributed by atoms with Crippen molar-refractivity contribution in [3.63, 3.8) is 0 Å². The summed E-state index contributed by atoms with van der Waals surface area (Å²) in [4.78, 5) is 2.25. The van der Waals surface area contributed by atoms with Gasteiger partial charge in [-0.1, -0.05) is 64.7 Å². The first kappa shape index (κ1) is 23.1. The van der Waals surface area contributed by atoms with Crippen molar-refractivity contribution in [3.8, 4) is 23.0 Å². The van der Waals surface area contributed by atoms with Crippen molar-refractivity contribution < 1.29 is 18.5 Å². The Morgan fingerprint density at radius 3 is 2.21 bits per heavy atom. The molecule has 0 radical (unpaired) electrons. The van der Waals surface area contributed by atoms with Crippen LogP contribution in [0.4, 0.5) is 17.1 Å². The summed E-state index contributed by atoms with van der Waals surface area (Å²) >= 11 is 0. The lowest BCUT2D eigenvalue weighted by molar-refractivity contribution is -0.762. The Morgan fingerprint density at radius 1 is 0.692 bits per heavy atom. The van der Waals surface area contributed by atoms with E-state index in [0.29, 0.717) is 5.89 Å². The molecular weight excluding hydrogens is 484 g/mol. The minimum absolute atomic E-state index is 0.715. The van der Waals surface area contributed by atoms with Crippen LogP contribution in [0.25, 0.3) is 22.6 Å². The molecule has 5 aromatic carbocycles. The number of aromatic nitrogens is 1. The fraction of sp³-hybridized carbons (Fsp3) is 0.0882. The number of rotatable bonds is 5. The van der Waals surface area contributed by atoms with Crippen molar-refractivity contribution in [2.75, 3.05) is 4.90 Å². The van der Waals surface area contributed by atoms with Gasteiger partial charge < -0.3 is 18.8 Å². The van der Waals surface area contributed by atoms with E-state index in [9.17, 15) is 0 Å². The van der Waals surface area contributed by atoms with Gasteiger partial charge in [0.25, 0.3) is 5.52 Å². The van der Waals surface area contributed by atoms with Gasteiger partial charge in [-0.3, -0.25) is 0 Å². The van der Waals surface area contributed by atoms with Crippen molar-refractivity contribution in [3.05, 3.63) is 132 Å². The molecule has 7 rings (SSSR count). The molecule has 0 aliphatic carbocycles. The third-order valence-electron chi connectivity index (χ3n) is 7.06. The number of hydrogen-bond acceptors (Lipinski definition) is 4. The summed E-state index contributed by atoms with van der Waals surface area (Å²) in [6, 6.07) is 41.0. The van der Waals surface area contributed by atoms with Gasteiger partial charge in [0.1, 0.15) is 17.1 Å². The lowest BCUT2D eigenvalue weighted by Gasteiger charge is -2.26. The Labute approximate surface area is 227 Å². The Balaban J connectivity index is 1.27. The number of hydrogen-bond donors (Lipinski definition) is 0. The first-order valence-corrected chi connectivity index (χ1v) is 13.0. The molecule has 6 aromatic rings. The Hall–Kier alpha value is -5.03. The molecule has 1 atom stereocenters. The summed E-state index contributed by atoms with van der Waals surface area (Å²) in [7, 11) is 0. The number of nitrogens with zero attached hydrogens (tertiary/aromatic N) is 2. The van der Waals surface area contributed by atoms with Gasteiger partial charge in [0.2, 0.25) is 5.58 Å². The highest BCUT2D eigenvalue weighted by atomic mass is 16.7. The molecule has 190 valence electrons. The van der Waals surface area contributed by atoms with Crippen LogP contribution < -0.4 is 18.9 Å². The fourth-order valence-electron chi connectivity index (χ4n) is 5.12. The van der Waals surface area contributed by atoms with E-state index >= 15 is 0 Å². The molecule has 0 spiro atoms. The maximum Gasteiger partial charge on any atom is 0.471 e. The Morgan fingerprint density at radius 2 is 1.38 bits per heavy atom. The van der Waals surface area contributed by atoms with Crippen LogP contribution in [0.1, 0.15) is 17.5 Å². The summed E-state index contributed by atoms with van der Waals surface area (Å²) in [6.07, 6.45) is -0.717. The lowest BCUT2D eigenvalue weighted by atomic mass is 10.1. The van der Waals surface area contributed by atoms with Gasteiger partial charge in [-0.25, -0.2) is 0 Å². The number of fused-ring (bicyclic) bond motifs is 5. The third kappa shape index (κ3) is 4.09. The van der Waals surface area contributed by atoms with Crippen LogP contribution in [-0.2, 0) is 0 Å². The lowest BCUT2D eigenvalue weighted by Crippen LogP contribution is -2.49. The van der Waals surface area contributed by atoms with E-state index in [-0.39, 0.29) is 0 Å². The molecular formula is C34H27N2O3+. The predicted octanol–water partition coefficient (Wildman–Crippen LogP) is 8.40. The number of benzene rings is 5. The van der Waals surface area contributed by atoms with Gasteiger partial charge in [-0.15, -0.1) is 0 Å². The van der Waals surface area contributed by atoms with Crippen LogP contribution in [-0.4, -0.2) is 0 Å². The molecule has 0 amide bonds.